The molecule has 0 heterocycles. The van der Waals surface area contributed by atoms with Gasteiger partial charge in [0.25, 0.3) is 0 Å². The molecule has 1 aromatic rings. The predicted octanol–water partition coefficient (Wildman–Crippen LogP) is 1.47. The van der Waals surface area contributed by atoms with Gasteiger partial charge in [0.1, 0.15) is 0 Å². The Balaban J connectivity index is 2.72. The van der Waals surface area contributed by atoms with Gasteiger partial charge in [-0.25, -0.2) is 4.79 Å². The smallest absolute Gasteiger partial charge is 0.343 e. The van der Waals surface area contributed by atoms with Crippen molar-refractivity contribution in [3.05, 3.63) is 29.8 Å². The molecule has 0 radical (unpaired) electrons. The summed E-state index contributed by atoms with van der Waals surface area (Å²) in [6.07, 6.45) is 0. The van der Waals surface area contributed by atoms with E-state index in [1.807, 2.05) is 37.3 Å². The SMILES string of the molecule is COC(=O)C(C#N)Nc1ccc(C)cc1. The molecule has 0 aliphatic carbocycles. The number of nitrogens with one attached hydrogen (secondary N) is 1. The molecule has 0 saturated carbocycles. The second-order valence-corrected chi connectivity index (χ2v) is 3.10. The summed E-state index contributed by atoms with van der Waals surface area (Å²) in [5.41, 5.74) is 1.84. The molecule has 1 unspecified atom stereocenters. The molecule has 1 rings (SSSR count). The van der Waals surface area contributed by atoms with E-state index in [0.717, 1.165) is 11.3 Å². The highest BCUT2D eigenvalue weighted by atomic mass is 16.5. The average molecular weight is 204 g/mol. The zero-order valence-corrected chi connectivity index (χ0v) is 8.65. The van der Waals surface area contributed by atoms with Crippen LogP contribution in [0.4, 0.5) is 5.69 Å². The standard InChI is InChI=1S/C11H12N2O2/c1-8-3-5-9(6-4-8)13-10(7-12)11(14)15-2/h3-6,10,13H,1-2H3. The van der Waals surface area contributed by atoms with E-state index in [4.69, 9.17) is 5.26 Å². The molecule has 0 amide bonds. The second kappa shape index (κ2) is 5.01. The fourth-order valence-electron chi connectivity index (χ4n) is 1.08. The van der Waals surface area contributed by atoms with Crippen LogP contribution in [0.2, 0.25) is 0 Å². The topological polar surface area (TPSA) is 62.1 Å². The van der Waals surface area contributed by atoms with Crippen LogP contribution >= 0.6 is 0 Å². The van der Waals surface area contributed by atoms with Gasteiger partial charge in [-0.1, -0.05) is 17.7 Å². The minimum absolute atomic E-state index is 0.585. The van der Waals surface area contributed by atoms with Crippen LogP contribution < -0.4 is 5.32 Å². The number of methoxy groups -OCH3 is 1. The number of nitriles is 1. The van der Waals surface area contributed by atoms with Gasteiger partial charge >= 0.3 is 5.97 Å². The molecular formula is C11H12N2O2. The molecular weight excluding hydrogens is 192 g/mol. The lowest BCUT2D eigenvalue weighted by molar-refractivity contribution is -0.140. The van der Waals surface area contributed by atoms with Gasteiger partial charge in [-0.05, 0) is 19.1 Å². The lowest BCUT2D eigenvalue weighted by atomic mass is 10.2. The molecule has 78 valence electrons. The van der Waals surface area contributed by atoms with Crippen LogP contribution in [-0.4, -0.2) is 19.1 Å². The van der Waals surface area contributed by atoms with Crippen LogP contribution in [0.3, 0.4) is 0 Å². The summed E-state index contributed by atoms with van der Waals surface area (Å²) in [4.78, 5) is 11.1. The molecule has 4 heteroatoms. The Morgan fingerprint density at radius 2 is 2.07 bits per heavy atom. The number of benzene rings is 1. The van der Waals surface area contributed by atoms with Crippen molar-refractivity contribution in [1.29, 1.82) is 5.26 Å². The van der Waals surface area contributed by atoms with Gasteiger partial charge in [0.2, 0.25) is 6.04 Å². The number of aryl methyl sites for hydroxylation is 1. The molecule has 0 bridgehead atoms. The molecule has 0 fully saturated rings. The third-order valence-corrected chi connectivity index (χ3v) is 1.93. The van der Waals surface area contributed by atoms with E-state index in [-0.39, 0.29) is 0 Å². The molecule has 0 aliphatic rings. The van der Waals surface area contributed by atoms with E-state index < -0.39 is 12.0 Å². The zero-order chi connectivity index (χ0) is 11.3. The fraction of sp³-hybridized carbons (Fsp3) is 0.273. The average Bonchev–Trinajstić information content (AvgIpc) is 2.27. The number of hydrogen-bond donors (Lipinski definition) is 1. The van der Waals surface area contributed by atoms with Gasteiger partial charge in [-0.3, -0.25) is 0 Å². The molecule has 4 nitrogen and oxygen atoms in total. The molecule has 15 heavy (non-hydrogen) atoms. The van der Waals surface area contributed by atoms with Crippen molar-refractivity contribution in [2.24, 2.45) is 0 Å². The summed E-state index contributed by atoms with van der Waals surface area (Å²) >= 11 is 0. The predicted molar refractivity (Wildman–Crippen MR) is 56.2 cm³/mol. The van der Waals surface area contributed by atoms with E-state index in [9.17, 15) is 4.79 Å². The Hall–Kier alpha value is -2.02. The lowest BCUT2D eigenvalue weighted by Crippen LogP contribution is -2.28. The number of rotatable bonds is 3. The maximum Gasteiger partial charge on any atom is 0.343 e. The van der Waals surface area contributed by atoms with Crippen LogP contribution in [-0.2, 0) is 9.53 Å². The van der Waals surface area contributed by atoms with Crippen LogP contribution in [0.1, 0.15) is 5.56 Å². The van der Waals surface area contributed by atoms with Crippen molar-refractivity contribution in [3.63, 3.8) is 0 Å². The van der Waals surface area contributed by atoms with Gasteiger partial charge in [-0.15, -0.1) is 0 Å². The molecule has 0 aliphatic heterocycles. The number of anilines is 1. The van der Waals surface area contributed by atoms with Crippen molar-refractivity contribution < 1.29 is 9.53 Å². The minimum Gasteiger partial charge on any atom is -0.467 e. The van der Waals surface area contributed by atoms with Crippen molar-refractivity contribution in [1.82, 2.24) is 0 Å². The van der Waals surface area contributed by atoms with Crippen LogP contribution in [0.25, 0.3) is 0 Å². The van der Waals surface area contributed by atoms with Crippen LogP contribution in [0.15, 0.2) is 24.3 Å². The molecule has 1 aromatic carbocycles. The molecule has 1 N–H and O–H groups in total. The number of carbonyl (C=O) groups excluding carboxylic acids is 1. The molecule has 1 atom stereocenters. The number of esters is 1. The van der Waals surface area contributed by atoms with E-state index in [0.29, 0.717) is 0 Å². The van der Waals surface area contributed by atoms with Crippen molar-refractivity contribution >= 4 is 11.7 Å². The number of hydrogen-bond acceptors (Lipinski definition) is 4. The minimum atomic E-state index is -0.960. The summed E-state index contributed by atoms with van der Waals surface area (Å²) in [5, 5.41) is 11.5. The monoisotopic (exact) mass is 204 g/mol. The fourth-order valence-corrected chi connectivity index (χ4v) is 1.08. The van der Waals surface area contributed by atoms with Gasteiger partial charge in [0.05, 0.1) is 13.2 Å². The highest BCUT2D eigenvalue weighted by Crippen LogP contribution is 2.10. The van der Waals surface area contributed by atoms with Crippen molar-refractivity contribution in [2.45, 2.75) is 13.0 Å². The summed E-state index contributed by atoms with van der Waals surface area (Å²) < 4.78 is 4.48. The lowest BCUT2D eigenvalue weighted by Gasteiger charge is -2.10. The summed E-state index contributed by atoms with van der Waals surface area (Å²) in [6, 6.07) is 8.28. The Morgan fingerprint density at radius 1 is 1.47 bits per heavy atom. The Kier molecular flexibility index (Phi) is 3.69. The third-order valence-electron chi connectivity index (χ3n) is 1.93. The summed E-state index contributed by atoms with van der Waals surface area (Å²) in [7, 11) is 1.25. The highest BCUT2D eigenvalue weighted by molar-refractivity contribution is 5.82. The number of nitrogens with zero attached hydrogens (tertiary/aromatic N) is 1. The first-order chi connectivity index (χ1) is 7.17. The maximum atomic E-state index is 11.1. The van der Waals surface area contributed by atoms with Crippen molar-refractivity contribution in [3.8, 4) is 6.07 Å². The van der Waals surface area contributed by atoms with Crippen LogP contribution in [0.5, 0.6) is 0 Å². The van der Waals surface area contributed by atoms with Gasteiger partial charge in [0.15, 0.2) is 0 Å². The van der Waals surface area contributed by atoms with E-state index >= 15 is 0 Å². The number of ether oxygens (including phenoxy) is 1. The van der Waals surface area contributed by atoms with Gasteiger partial charge < -0.3 is 10.1 Å². The Bertz CT molecular complexity index is 379. The first-order valence-electron chi connectivity index (χ1n) is 4.48. The largest absolute Gasteiger partial charge is 0.467 e. The van der Waals surface area contributed by atoms with E-state index in [1.54, 1.807) is 0 Å². The Morgan fingerprint density at radius 3 is 2.53 bits per heavy atom. The van der Waals surface area contributed by atoms with Crippen molar-refractivity contribution in [2.75, 3.05) is 12.4 Å². The molecule has 0 aromatic heterocycles. The summed E-state index contributed by atoms with van der Waals surface area (Å²) in [6.45, 7) is 1.96. The quantitative estimate of drug-likeness (QED) is 0.757. The first-order valence-corrected chi connectivity index (χ1v) is 4.48. The van der Waals surface area contributed by atoms with Gasteiger partial charge in [-0.2, -0.15) is 5.26 Å². The van der Waals surface area contributed by atoms with E-state index in [2.05, 4.69) is 10.1 Å². The highest BCUT2D eigenvalue weighted by Gasteiger charge is 2.17. The normalized spacial score (nSPS) is 11.3. The van der Waals surface area contributed by atoms with Gasteiger partial charge in [0, 0.05) is 5.69 Å². The Labute approximate surface area is 88.5 Å². The third kappa shape index (κ3) is 2.99. The summed E-state index contributed by atoms with van der Waals surface area (Å²) in [5.74, 6) is -0.585. The molecule has 0 spiro atoms. The second-order valence-electron chi connectivity index (χ2n) is 3.10. The first kappa shape index (κ1) is 11.1. The molecule has 0 saturated heterocycles. The maximum absolute atomic E-state index is 11.1. The number of carbonyl (C=O) groups is 1. The van der Waals surface area contributed by atoms with Crippen LogP contribution in [0, 0.1) is 18.3 Å². The zero-order valence-electron chi connectivity index (χ0n) is 8.65. The van der Waals surface area contributed by atoms with E-state index in [1.165, 1.54) is 7.11 Å².